The number of oxazole rings is 1. The number of unbranched alkanes of at least 4 members (excludes halogenated alkanes) is 5. The molecular formula is C29H29NO2S2. The first-order valence-electron chi connectivity index (χ1n) is 12.2. The number of ether oxygens (including phenoxy) is 1. The van der Waals surface area contributed by atoms with E-state index in [0.717, 1.165) is 25.2 Å². The topological polar surface area (TPSA) is 35.3 Å². The molecule has 3 heterocycles. The molecule has 0 fully saturated rings. The van der Waals surface area contributed by atoms with E-state index in [9.17, 15) is 0 Å². The number of hydrogen-bond donors (Lipinski definition) is 0. The second-order valence-electron chi connectivity index (χ2n) is 8.62. The van der Waals surface area contributed by atoms with E-state index >= 15 is 0 Å². The highest BCUT2D eigenvalue weighted by molar-refractivity contribution is 7.36. The standard InChI is InChI=1S/C29H29NO2S2/c1-2-3-4-5-6-7-16-31-17-14-22-9-12-24-26(20-22)34-28-23-11-8-21(19-25(23)33-29(24)28)10-13-27-30-15-18-32-27/h8-9,11-12,15,18-20H,2-7,14,16-17H2,1H3. The molecule has 0 aliphatic carbocycles. The number of fused-ring (bicyclic) bond motifs is 5. The van der Waals surface area contributed by atoms with Gasteiger partial charge in [0.05, 0.1) is 22.2 Å². The van der Waals surface area contributed by atoms with Gasteiger partial charge in [0.15, 0.2) is 0 Å². The number of thiophene rings is 2. The van der Waals surface area contributed by atoms with Gasteiger partial charge in [-0.3, -0.25) is 0 Å². The number of nitrogens with zero attached hydrogens (tertiary/aromatic N) is 1. The van der Waals surface area contributed by atoms with Crippen molar-refractivity contribution in [1.82, 2.24) is 4.98 Å². The molecule has 0 saturated heterocycles. The lowest BCUT2D eigenvalue weighted by Crippen LogP contribution is -2.00. The Morgan fingerprint density at radius 3 is 2.41 bits per heavy atom. The van der Waals surface area contributed by atoms with Crippen molar-refractivity contribution < 1.29 is 9.15 Å². The van der Waals surface area contributed by atoms with Crippen LogP contribution in [0, 0.1) is 11.8 Å². The Morgan fingerprint density at radius 2 is 1.62 bits per heavy atom. The molecule has 3 nitrogen and oxygen atoms in total. The average molecular weight is 488 g/mol. The SMILES string of the molecule is CCCCCCCCOCCc1ccc2c(c1)sc1c3ccc(C#Cc4ncco4)cc3sc21. The molecule has 0 N–H and O–H groups in total. The first-order valence-corrected chi connectivity index (χ1v) is 13.8. The highest BCUT2D eigenvalue weighted by atomic mass is 32.1. The third kappa shape index (κ3) is 5.36. The lowest BCUT2D eigenvalue weighted by molar-refractivity contribution is 0.133. The maximum Gasteiger partial charge on any atom is 0.273 e. The van der Waals surface area contributed by atoms with Crippen LogP contribution in [0.4, 0.5) is 0 Å². The summed E-state index contributed by atoms with van der Waals surface area (Å²) in [4.78, 5) is 4.06. The van der Waals surface area contributed by atoms with Gasteiger partial charge in [0, 0.05) is 32.3 Å². The predicted octanol–water partition coefficient (Wildman–Crippen LogP) is 8.58. The molecule has 3 aromatic heterocycles. The summed E-state index contributed by atoms with van der Waals surface area (Å²) in [5, 5.41) is 2.66. The van der Waals surface area contributed by atoms with Crippen LogP contribution >= 0.6 is 22.7 Å². The summed E-state index contributed by atoms with van der Waals surface area (Å²) in [6.07, 6.45) is 12.0. The summed E-state index contributed by atoms with van der Waals surface area (Å²) in [6, 6.07) is 13.4. The van der Waals surface area contributed by atoms with Gasteiger partial charge >= 0.3 is 0 Å². The van der Waals surface area contributed by atoms with Gasteiger partial charge in [-0.1, -0.05) is 63.1 Å². The van der Waals surface area contributed by atoms with Crippen LogP contribution in [0.2, 0.25) is 0 Å². The van der Waals surface area contributed by atoms with Crippen molar-refractivity contribution in [3.63, 3.8) is 0 Å². The molecule has 5 heteroatoms. The van der Waals surface area contributed by atoms with Crippen molar-refractivity contribution >= 4 is 52.2 Å². The summed E-state index contributed by atoms with van der Waals surface area (Å²) >= 11 is 3.75. The van der Waals surface area contributed by atoms with E-state index in [1.165, 1.54) is 73.7 Å². The average Bonchev–Trinajstić information content (AvgIpc) is 3.57. The monoisotopic (exact) mass is 487 g/mol. The van der Waals surface area contributed by atoms with Crippen LogP contribution in [0.15, 0.2) is 53.3 Å². The summed E-state index contributed by atoms with van der Waals surface area (Å²) in [5.74, 6) is 6.58. The molecule has 0 aliphatic rings. The third-order valence-corrected chi connectivity index (χ3v) is 8.57. The molecule has 0 saturated carbocycles. The van der Waals surface area contributed by atoms with E-state index in [2.05, 4.69) is 60.1 Å². The lowest BCUT2D eigenvalue weighted by Gasteiger charge is -2.05. The zero-order valence-electron chi connectivity index (χ0n) is 19.6. The fraction of sp³-hybridized carbons (Fsp3) is 0.345. The summed E-state index contributed by atoms with van der Waals surface area (Å²) in [5.41, 5.74) is 2.34. The van der Waals surface area contributed by atoms with Gasteiger partial charge in [-0.2, -0.15) is 0 Å². The highest BCUT2D eigenvalue weighted by Crippen LogP contribution is 2.44. The zero-order valence-corrected chi connectivity index (χ0v) is 21.2. The predicted molar refractivity (Wildman–Crippen MR) is 145 cm³/mol. The van der Waals surface area contributed by atoms with Gasteiger partial charge in [0.2, 0.25) is 0 Å². The Bertz CT molecular complexity index is 1430. The molecule has 5 aromatic rings. The van der Waals surface area contributed by atoms with Gasteiger partial charge in [0.1, 0.15) is 6.26 Å². The minimum Gasteiger partial charge on any atom is -0.439 e. The fourth-order valence-corrected chi connectivity index (χ4v) is 6.98. The van der Waals surface area contributed by atoms with E-state index in [1.54, 1.807) is 12.5 Å². The fourth-order valence-electron chi connectivity index (χ4n) is 4.22. The zero-order chi connectivity index (χ0) is 23.2. The molecule has 0 unspecified atom stereocenters. The molecule has 0 aliphatic heterocycles. The van der Waals surface area contributed by atoms with E-state index in [-0.39, 0.29) is 0 Å². The molecule has 0 radical (unpaired) electrons. The highest BCUT2D eigenvalue weighted by Gasteiger charge is 2.12. The van der Waals surface area contributed by atoms with E-state index in [0.29, 0.717) is 5.89 Å². The first kappa shape index (κ1) is 23.1. The van der Waals surface area contributed by atoms with Gasteiger partial charge in [0.25, 0.3) is 5.89 Å². The normalized spacial score (nSPS) is 11.4. The minimum atomic E-state index is 0.446. The van der Waals surface area contributed by atoms with Crippen molar-refractivity contribution in [2.45, 2.75) is 51.9 Å². The molecule has 34 heavy (non-hydrogen) atoms. The van der Waals surface area contributed by atoms with Crippen LogP contribution in [0.1, 0.15) is 62.5 Å². The van der Waals surface area contributed by atoms with Crippen LogP contribution in [0.5, 0.6) is 0 Å². The van der Waals surface area contributed by atoms with E-state index in [4.69, 9.17) is 9.15 Å². The molecule has 5 rings (SSSR count). The number of aromatic nitrogens is 1. The van der Waals surface area contributed by atoms with Crippen molar-refractivity contribution in [3.8, 4) is 11.8 Å². The summed E-state index contributed by atoms with van der Waals surface area (Å²) in [7, 11) is 0. The lowest BCUT2D eigenvalue weighted by atomic mass is 10.1. The van der Waals surface area contributed by atoms with Crippen LogP contribution in [-0.2, 0) is 11.2 Å². The second-order valence-corrected chi connectivity index (χ2v) is 10.7. The molecule has 0 bridgehead atoms. The Labute approximate surface area is 208 Å². The Kier molecular flexibility index (Phi) is 7.60. The van der Waals surface area contributed by atoms with Crippen molar-refractivity contribution in [1.29, 1.82) is 0 Å². The Hall–Kier alpha value is -2.65. The van der Waals surface area contributed by atoms with Crippen LogP contribution < -0.4 is 0 Å². The molecular weight excluding hydrogens is 458 g/mol. The van der Waals surface area contributed by atoms with E-state index < -0.39 is 0 Å². The molecule has 2 aromatic carbocycles. The number of rotatable bonds is 10. The van der Waals surface area contributed by atoms with Crippen molar-refractivity contribution in [3.05, 3.63) is 65.9 Å². The first-order chi connectivity index (χ1) is 16.8. The van der Waals surface area contributed by atoms with Gasteiger partial charge in [-0.25, -0.2) is 4.98 Å². The van der Waals surface area contributed by atoms with Gasteiger partial charge in [-0.05, 0) is 42.5 Å². The number of hydrogen-bond acceptors (Lipinski definition) is 5. The molecule has 0 atom stereocenters. The number of benzene rings is 2. The second kappa shape index (κ2) is 11.2. The van der Waals surface area contributed by atoms with E-state index in [1.807, 2.05) is 22.7 Å². The molecule has 0 spiro atoms. The minimum absolute atomic E-state index is 0.446. The largest absolute Gasteiger partial charge is 0.439 e. The summed E-state index contributed by atoms with van der Waals surface area (Å²) < 4.78 is 16.5. The molecule has 0 amide bonds. The van der Waals surface area contributed by atoms with Crippen molar-refractivity contribution in [2.24, 2.45) is 0 Å². The van der Waals surface area contributed by atoms with Gasteiger partial charge in [-0.15, -0.1) is 22.7 Å². The quantitative estimate of drug-likeness (QED) is 0.146. The maximum atomic E-state index is 5.90. The van der Waals surface area contributed by atoms with Crippen LogP contribution in [0.25, 0.3) is 29.6 Å². The summed E-state index contributed by atoms with van der Waals surface area (Å²) in [6.45, 7) is 3.96. The Balaban J connectivity index is 1.23. The smallest absolute Gasteiger partial charge is 0.273 e. The van der Waals surface area contributed by atoms with Crippen molar-refractivity contribution in [2.75, 3.05) is 13.2 Å². The van der Waals surface area contributed by atoms with Crippen LogP contribution in [-0.4, -0.2) is 18.2 Å². The maximum absolute atomic E-state index is 5.90. The third-order valence-electron chi connectivity index (χ3n) is 6.07. The van der Waals surface area contributed by atoms with Gasteiger partial charge < -0.3 is 9.15 Å². The Morgan fingerprint density at radius 1 is 0.853 bits per heavy atom. The molecule has 174 valence electrons. The van der Waals surface area contributed by atoms with Crippen LogP contribution in [0.3, 0.4) is 0 Å².